The molecule has 2 rings (SSSR count). The molecular formula is C14H10F3N3. The quantitative estimate of drug-likeness (QED) is 0.407. The molecule has 0 unspecified atom stereocenters. The fourth-order valence-corrected chi connectivity index (χ4v) is 1.91. The third-order valence-electron chi connectivity index (χ3n) is 2.74. The summed E-state index contributed by atoms with van der Waals surface area (Å²) in [4.78, 5) is 2.61. The van der Waals surface area contributed by atoms with E-state index in [4.69, 9.17) is 5.53 Å². The van der Waals surface area contributed by atoms with E-state index in [9.17, 15) is 13.2 Å². The number of benzene rings is 2. The van der Waals surface area contributed by atoms with Gasteiger partial charge in [0, 0.05) is 10.6 Å². The van der Waals surface area contributed by atoms with E-state index in [0.29, 0.717) is 5.56 Å². The van der Waals surface area contributed by atoms with Crippen LogP contribution in [0.25, 0.3) is 26.9 Å². The number of halogens is 3. The first-order valence-electron chi connectivity index (χ1n) is 5.81. The van der Waals surface area contributed by atoms with Gasteiger partial charge in [-0.1, -0.05) is 53.7 Å². The maximum atomic E-state index is 12.3. The minimum Gasteiger partial charge on any atom is -0.171 e. The average molecular weight is 277 g/mol. The highest BCUT2D eigenvalue weighted by Crippen LogP contribution is 2.29. The summed E-state index contributed by atoms with van der Waals surface area (Å²) in [6.07, 6.45) is -4.56. The van der Waals surface area contributed by atoms with E-state index in [1.807, 2.05) is 18.2 Å². The van der Waals surface area contributed by atoms with E-state index in [1.54, 1.807) is 24.3 Å². The van der Waals surface area contributed by atoms with Crippen molar-refractivity contribution >= 4 is 16.5 Å². The zero-order chi connectivity index (χ0) is 14.6. The lowest BCUT2D eigenvalue weighted by atomic mass is 10.0. The van der Waals surface area contributed by atoms with Crippen molar-refractivity contribution in [3.63, 3.8) is 0 Å². The topological polar surface area (TPSA) is 48.8 Å². The van der Waals surface area contributed by atoms with Crippen LogP contribution in [0.15, 0.2) is 53.7 Å². The summed E-state index contributed by atoms with van der Waals surface area (Å²) >= 11 is 0. The molecule has 2 aromatic rings. The van der Waals surface area contributed by atoms with Gasteiger partial charge in [0.25, 0.3) is 0 Å². The van der Waals surface area contributed by atoms with Crippen molar-refractivity contribution in [3.8, 4) is 0 Å². The van der Waals surface area contributed by atoms with Crippen LogP contribution in [0.3, 0.4) is 0 Å². The van der Waals surface area contributed by atoms with Crippen molar-refractivity contribution in [2.75, 3.05) is 0 Å². The molecule has 20 heavy (non-hydrogen) atoms. The number of hydrogen-bond donors (Lipinski definition) is 0. The van der Waals surface area contributed by atoms with Gasteiger partial charge in [0.2, 0.25) is 0 Å². The summed E-state index contributed by atoms with van der Waals surface area (Å²) in [5.41, 5.74) is 9.01. The Bertz CT molecular complexity index is 693. The lowest BCUT2D eigenvalue weighted by Crippen LogP contribution is -2.04. The molecule has 6 heteroatoms. The van der Waals surface area contributed by atoms with Crippen molar-refractivity contribution in [1.29, 1.82) is 0 Å². The maximum absolute atomic E-state index is 12.3. The van der Waals surface area contributed by atoms with Gasteiger partial charge in [-0.3, -0.25) is 0 Å². The number of allylic oxidation sites excluding steroid dienone is 1. The third-order valence-corrected chi connectivity index (χ3v) is 2.74. The summed E-state index contributed by atoms with van der Waals surface area (Å²) in [5, 5.41) is 5.01. The molecule has 2 aromatic carbocycles. The van der Waals surface area contributed by atoms with E-state index in [0.717, 1.165) is 16.8 Å². The normalized spacial score (nSPS) is 12.2. The molecule has 0 saturated carbocycles. The predicted molar refractivity (Wildman–Crippen MR) is 71.7 cm³/mol. The molecule has 0 N–H and O–H groups in total. The van der Waals surface area contributed by atoms with Gasteiger partial charge in [0.1, 0.15) is 0 Å². The standard InChI is InChI=1S/C14H10F3N3/c15-14(16,17)9-8-13(19-20-18)12-7-3-5-10-4-1-2-6-11(10)12/h1-8H,9H2. The molecule has 0 radical (unpaired) electrons. The number of alkyl halides is 3. The Morgan fingerprint density at radius 1 is 1.15 bits per heavy atom. The highest BCUT2D eigenvalue weighted by Gasteiger charge is 2.25. The maximum Gasteiger partial charge on any atom is 0.392 e. The minimum atomic E-state index is -4.33. The molecule has 0 amide bonds. The Hall–Kier alpha value is -2.46. The van der Waals surface area contributed by atoms with Gasteiger partial charge in [0.15, 0.2) is 0 Å². The van der Waals surface area contributed by atoms with Gasteiger partial charge in [-0.15, -0.1) is 0 Å². The third kappa shape index (κ3) is 3.30. The molecule has 3 nitrogen and oxygen atoms in total. The lowest BCUT2D eigenvalue weighted by Gasteiger charge is -2.08. The minimum absolute atomic E-state index is 0.0124. The van der Waals surface area contributed by atoms with Gasteiger partial charge >= 0.3 is 6.18 Å². The fraction of sp³-hybridized carbons (Fsp3) is 0.143. The van der Waals surface area contributed by atoms with Gasteiger partial charge in [-0.25, -0.2) is 0 Å². The molecule has 0 bridgehead atoms. The summed E-state index contributed by atoms with van der Waals surface area (Å²) in [6.45, 7) is 0. The van der Waals surface area contributed by atoms with Crippen LogP contribution in [0.1, 0.15) is 12.0 Å². The van der Waals surface area contributed by atoms with Crippen LogP contribution >= 0.6 is 0 Å². The van der Waals surface area contributed by atoms with Gasteiger partial charge < -0.3 is 0 Å². The number of azide groups is 1. The molecule has 102 valence electrons. The van der Waals surface area contributed by atoms with Gasteiger partial charge in [-0.2, -0.15) is 13.2 Å². The van der Waals surface area contributed by atoms with Crippen molar-refractivity contribution < 1.29 is 13.2 Å². The number of fused-ring (bicyclic) bond motifs is 1. The van der Waals surface area contributed by atoms with E-state index >= 15 is 0 Å². The van der Waals surface area contributed by atoms with Crippen LogP contribution in [0.5, 0.6) is 0 Å². The highest BCUT2D eigenvalue weighted by molar-refractivity contribution is 5.93. The SMILES string of the molecule is [N-]=[N+]=NC(=CCC(F)(F)F)c1cccc2ccccc12. The van der Waals surface area contributed by atoms with Crippen LogP contribution < -0.4 is 0 Å². The molecule has 0 heterocycles. The second-order valence-electron chi connectivity index (χ2n) is 4.12. The Morgan fingerprint density at radius 2 is 1.85 bits per heavy atom. The summed E-state index contributed by atoms with van der Waals surface area (Å²) < 4.78 is 36.9. The van der Waals surface area contributed by atoms with E-state index in [-0.39, 0.29) is 5.70 Å². The van der Waals surface area contributed by atoms with E-state index in [2.05, 4.69) is 10.0 Å². The van der Waals surface area contributed by atoms with Crippen LogP contribution in [-0.4, -0.2) is 6.18 Å². The molecule has 0 saturated heterocycles. The molecule has 0 aliphatic rings. The smallest absolute Gasteiger partial charge is 0.171 e. The van der Waals surface area contributed by atoms with Crippen LogP contribution in [0.2, 0.25) is 0 Å². The Labute approximate surface area is 113 Å². The largest absolute Gasteiger partial charge is 0.392 e. The number of hydrogen-bond acceptors (Lipinski definition) is 1. The van der Waals surface area contributed by atoms with Crippen LogP contribution in [0, 0.1) is 0 Å². The van der Waals surface area contributed by atoms with E-state index in [1.165, 1.54) is 0 Å². The summed E-state index contributed by atoms with van der Waals surface area (Å²) in [6, 6.07) is 12.4. The van der Waals surface area contributed by atoms with Gasteiger partial charge in [0.05, 0.1) is 6.42 Å². The molecule has 0 fully saturated rings. The molecular weight excluding hydrogens is 267 g/mol. The zero-order valence-electron chi connectivity index (χ0n) is 10.3. The first kappa shape index (κ1) is 14.0. The van der Waals surface area contributed by atoms with E-state index < -0.39 is 12.6 Å². The number of rotatable bonds is 3. The second-order valence-corrected chi connectivity index (χ2v) is 4.12. The summed E-state index contributed by atoms with van der Waals surface area (Å²) in [7, 11) is 0. The molecule has 0 aliphatic carbocycles. The molecule has 0 atom stereocenters. The lowest BCUT2D eigenvalue weighted by molar-refractivity contribution is -0.124. The highest BCUT2D eigenvalue weighted by atomic mass is 19.4. The average Bonchev–Trinajstić information content (AvgIpc) is 2.42. The zero-order valence-corrected chi connectivity index (χ0v) is 10.3. The Balaban J connectivity index is 2.55. The first-order valence-corrected chi connectivity index (χ1v) is 5.81. The first-order chi connectivity index (χ1) is 9.51. The van der Waals surface area contributed by atoms with Crippen LogP contribution in [0.4, 0.5) is 13.2 Å². The molecule has 0 spiro atoms. The Morgan fingerprint density at radius 3 is 2.55 bits per heavy atom. The second kappa shape index (κ2) is 5.67. The molecule has 0 aliphatic heterocycles. The van der Waals surface area contributed by atoms with Crippen molar-refractivity contribution in [3.05, 3.63) is 64.5 Å². The fourth-order valence-electron chi connectivity index (χ4n) is 1.91. The predicted octanol–water partition coefficient (Wildman–Crippen LogP) is 5.44. The monoisotopic (exact) mass is 277 g/mol. The summed E-state index contributed by atoms with van der Waals surface area (Å²) in [5.74, 6) is 0. The van der Waals surface area contributed by atoms with Crippen molar-refractivity contribution in [1.82, 2.24) is 0 Å². The number of nitrogens with zero attached hydrogens (tertiary/aromatic N) is 3. The van der Waals surface area contributed by atoms with Crippen molar-refractivity contribution in [2.45, 2.75) is 12.6 Å². The van der Waals surface area contributed by atoms with Gasteiger partial charge in [-0.05, 0) is 21.9 Å². The van der Waals surface area contributed by atoms with Crippen LogP contribution in [-0.2, 0) is 0 Å². The van der Waals surface area contributed by atoms with Crippen molar-refractivity contribution in [2.24, 2.45) is 5.11 Å². The molecule has 0 aromatic heterocycles. The Kier molecular flexibility index (Phi) is 3.96.